The molecule has 0 radical (unpaired) electrons. The standard InChI is InChI=1S/C9H18N2OS/c1-4-11(5-2)8(12)6-7(3)9(10)13/h7H,4-6H2,1-3H3,(H2,10,13). The van der Waals surface area contributed by atoms with Gasteiger partial charge in [0.1, 0.15) is 0 Å². The van der Waals surface area contributed by atoms with Gasteiger partial charge in [0.25, 0.3) is 0 Å². The fraction of sp³-hybridized carbons (Fsp3) is 0.778. The third kappa shape index (κ3) is 4.22. The minimum Gasteiger partial charge on any atom is -0.393 e. The van der Waals surface area contributed by atoms with E-state index < -0.39 is 0 Å². The first kappa shape index (κ1) is 12.4. The summed E-state index contributed by atoms with van der Waals surface area (Å²) >= 11 is 4.80. The van der Waals surface area contributed by atoms with Crippen molar-refractivity contribution in [1.29, 1.82) is 0 Å². The second kappa shape index (κ2) is 5.91. The summed E-state index contributed by atoms with van der Waals surface area (Å²) in [6, 6.07) is 0. The van der Waals surface area contributed by atoms with Crippen molar-refractivity contribution in [3.63, 3.8) is 0 Å². The fourth-order valence-corrected chi connectivity index (χ4v) is 1.15. The highest BCUT2D eigenvalue weighted by Gasteiger charge is 2.15. The van der Waals surface area contributed by atoms with Crippen molar-refractivity contribution in [2.24, 2.45) is 11.7 Å². The quantitative estimate of drug-likeness (QED) is 0.681. The number of rotatable bonds is 5. The molecule has 1 unspecified atom stereocenters. The third-order valence-corrected chi connectivity index (χ3v) is 2.49. The summed E-state index contributed by atoms with van der Waals surface area (Å²) in [6.07, 6.45) is 0.428. The molecular formula is C9H18N2OS. The molecule has 0 saturated heterocycles. The Hall–Kier alpha value is -0.640. The monoisotopic (exact) mass is 202 g/mol. The molecule has 0 spiro atoms. The smallest absolute Gasteiger partial charge is 0.223 e. The summed E-state index contributed by atoms with van der Waals surface area (Å²) in [5.74, 6) is 0.133. The molecule has 0 rings (SSSR count). The van der Waals surface area contributed by atoms with Crippen LogP contribution in [-0.2, 0) is 4.79 Å². The lowest BCUT2D eigenvalue weighted by atomic mass is 10.1. The summed E-state index contributed by atoms with van der Waals surface area (Å²) in [5, 5.41) is 0. The van der Waals surface area contributed by atoms with Crippen LogP contribution < -0.4 is 5.73 Å². The van der Waals surface area contributed by atoms with E-state index in [1.807, 2.05) is 20.8 Å². The molecule has 0 aromatic heterocycles. The van der Waals surface area contributed by atoms with Gasteiger partial charge >= 0.3 is 0 Å². The second-order valence-electron chi connectivity index (χ2n) is 3.07. The van der Waals surface area contributed by atoms with E-state index in [4.69, 9.17) is 18.0 Å². The van der Waals surface area contributed by atoms with E-state index in [9.17, 15) is 4.79 Å². The summed E-state index contributed by atoms with van der Waals surface area (Å²) < 4.78 is 0. The van der Waals surface area contributed by atoms with Gasteiger partial charge in [-0.3, -0.25) is 4.79 Å². The van der Waals surface area contributed by atoms with Crippen molar-refractivity contribution in [1.82, 2.24) is 4.90 Å². The number of hydrogen-bond acceptors (Lipinski definition) is 2. The van der Waals surface area contributed by atoms with Crippen LogP contribution in [0.1, 0.15) is 27.2 Å². The lowest BCUT2D eigenvalue weighted by Crippen LogP contribution is -2.33. The Labute approximate surface area is 85.3 Å². The van der Waals surface area contributed by atoms with Crippen LogP contribution in [-0.4, -0.2) is 28.9 Å². The van der Waals surface area contributed by atoms with Crippen LogP contribution in [0, 0.1) is 5.92 Å². The summed E-state index contributed by atoms with van der Waals surface area (Å²) in [4.78, 5) is 13.7. The third-order valence-electron chi connectivity index (χ3n) is 2.08. The lowest BCUT2D eigenvalue weighted by molar-refractivity contribution is -0.131. The van der Waals surface area contributed by atoms with Crippen LogP contribution in [0.3, 0.4) is 0 Å². The van der Waals surface area contributed by atoms with Gasteiger partial charge in [-0.15, -0.1) is 0 Å². The molecule has 1 amide bonds. The van der Waals surface area contributed by atoms with Crippen molar-refractivity contribution in [3.8, 4) is 0 Å². The van der Waals surface area contributed by atoms with Crippen LogP contribution in [0.4, 0.5) is 0 Å². The molecule has 0 aromatic rings. The predicted molar refractivity (Wildman–Crippen MR) is 58.5 cm³/mol. The van der Waals surface area contributed by atoms with E-state index in [0.717, 1.165) is 13.1 Å². The molecular weight excluding hydrogens is 184 g/mol. The fourth-order valence-electron chi connectivity index (χ4n) is 1.07. The van der Waals surface area contributed by atoms with E-state index in [2.05, 4.69) is 0 Å². The van der Waals surface area contributed by atoms with Crippen LogP contribution in [0.2, 0.25) is 0 Å². The largest absolute Gasteiger partial charge is 0.393 e. The van der Waals surface area contributed by atoms with Gasteiger partial charge in [0.15, 0.2) is 0 Å². The molecule has 0 bridgehead atoms. The van der Waals surface area contributed by atoms with Crippen molar-refractivity contribution in [3.05, 3.63) is 0 Å². The Morgan fingerprint density at radius 2 is 1.92 bits per heavy atom. The first-order chi connectivity index (χ1) is 6.02. The molecule has 76 valence electrons. The molecule has 0 aliphatic rings. The zero-order valence-electron chi connectivity index (χ0n) is 8.54. The number of nitrogens with zero attached hydrogens (tertiary/aromatic N) is 1. The molecule has 0 aliphatic heterocycles. The van der Waals surface area contributed by atoms with E-state index in [1.54, 1.807) is 4.90 Å². The van der Waals surface area contributed by atoms with Gasteiger partial charge < -0.3 is 10.6 Å². The van der Waals surface area contributed by atoms with Crippen molar-refractivity contribution < 1.29 is 4.79 Å². The lowest BCUT2D eigenvalue weighted by Gasteiger charge is -2.20. The number of amides is 1. The molecule has 0 heterocycles. The molecule has 3 nitrogen and oxygen atoms in total. The SMILES string of the molecule is CCN(CC)C(=O)CC(C)C(N)=S. The first-order valence-corrected chi connectivity index (χ1v) is 5.00. The van der Waals surface area contributed by atoms with E-state index in [-0.39, 0.29) is 11.8 Å². The zero-order chi connectivity index (χ0) is 10.4. The Kier molecular flexibility index (Phi) is 5.62. The maximum atomic E-state index is 11.5. The highest BCUT2D eigenvalue weighted by molar-refractivity contribution is 7.80. The van der Waals surface area contributed by atoms with Crippen molar-refractivity contribution in [2.45, 2.75) is 27.2 Å². The van der Waals surface area contributed by atoms with Gasteiger partial charge in [-0.05, 0) is 13.8 Å². The summed E-state index contributed by atoms with van der Waals surface area (Å²) in [6.45, 7) is 7.31. The molecule has 0 fully saturated rings. The van der Waals surface area contributed by atoms with Crippen LogP contribution in [0.5, 0.6) is 0 Å². The average molecular weight is 202 g/mol. The normalized spacial score (nSPS) is 12.2. The molecule has 0 aliphatic carbocycles. The number of hydrogen-bond donors (Lipinski definition) is 1. The highest BCUT2D eigenvalue weighted by Crippen LogP contribution is 2.05. The van der Waals surface area contributed by atoms with Crippen molar-refractivity contribution >= 4 is 23.1 Å². The minimum atomic E-state index is 0.00287. The molecule has 13 heavy (non-hydrogen) atoms. The van der Waals surface area contributed by atoms with Crippen LogP contribution in [0.15, 0.2) is 0 Å². The van der Waals surface area contributed by atoms with Gasteiger partial charge in [-0.25, -0.2) is 0 Å². The average Bonchev–Trinajstić information content (AvgIpc) is 2.06. The van der Waals surface area contributed by atoms with E-state index in [0.29, 0.717) is 11.4 Å². The molecule has 0 aromatic carbocycles. The second-order valence-corrected chi connectivity index (χ2v) is 3.54. The van der Waals surface area contributed by atoms with Crippen molar-refractivity contribution in [2.75, 3.05) is 13.1 Å². The highest BCUT2D eigenvalue weighted by atomic mass is 32.1. The molecule has 1 atom stereocenters. The molecule has 0 saturated carbocycles. The van der Waals surface area contributed by atoms with Gasteiger partial charge in [-0.1, -0.05) is 19.1 Å². The number of carbonyl (C=O) groups excluding carboxylic acids is 1. The van der Waals surface area contributed by atoms with Crippen LogP contribution >= 0.6 is 12.2 Å². The maximum Gasteiger partial charge on any atom is 0.223 e. The van der Waals surface area contributed by atoms with Crippen LogP contribution in [0.25, 0.3) is 0 Å². The van der Waals surface area contributed by atoms with Gasteiger partial charge in [-0.2, -0.15) is 0 Å². The van der Waals surface area contributed by atoms with E-state index >= 15 is 0 Å². The predicted octanol–water partition coefficient (Wildman–Crippen LogP) is 1.17. The van der Waals surface area contributed by atoms with Gasteiger partial charge in [0.05, 0.1) is 4.99 Å². The number of nitrogens with two attached hydrogens (primary N) is 1. The van der Waals surface area contributed by atoms with E-state index in [1.165, 1.54) is 0 Å². The molecule has 4 heteroatoms. The Morgan fingerprint density at radius 3 is 2.23 bits per heavy atom. The summed E-state index contributed by atoms with van der Waals surface area (Å²) in [7, 11) is 0. The number of carbonyl (C=O) groups is 1. The Morgan fingerprint density at radius 1 is 1.46 bits per heavy atom. The molecule has 2 N–H and O–H groups in total. The number of thiocarbonyl (C=S) groups is 1. The van der Waals surface area contributed by atoms with Gasteiger partial charge in [0.2, 0.25) is 5.91 Å². The van der Waals surface area contributed by atoms with Gasteiger partial charge in [0, 0.05) is 25.4 Å². The Bertz CT molecular complexity index is 190. The minimum absolute atomic E-state index is 0.00287. The Balaban J connectivity index is 4.05. The summed E-state index contributed by atoms with van der Waals surface area (Å²) in [5.41, 5.74) is 5.43. The maximum absolute atomic E-state index is 11.5. The topological polar surface area (TPSA) is 46.3 Å². The zero-order valence-corrected chi connectivity index (χ0v) is 9.36. The first-order valence-electron chi connectivity index (χ1n) is 4.60.